The molecule has 1 amide bonds. The highest BCUT2D eigenvalue weighted by molar-refractivity contribution is 7.89. The third kappa shape index (κ3) is 3.57. The van der Waals surface area contributed by atoms with E-state index in [1.54, 1.807) is 11.0 Å². The van der Waals surface area contributed by atoms with Gasteiger partial charge in [-0.3, -0.25) is 9.59 Å². The zero-order valence-electron chi connectivity index (χ0n) is 18.9. The fraction of sp³-hybridized carbons (Fsp3) is 0.185. The number of carbonyl (C=O) groups excluding carboxylic acids is 1. The molecular formula is C27H23N3O4S. The van der Waals surface area contributed by atoms with Gasteiger partial charge in [0.25, 0.3) is 5.91 Å². The summed E-state index contributed by atoms with van der Waals surface area (Å²) in [7, 11) is -3.82. The van der Waals surface area contributed by atoms with Gasteiger partial charge in [-0.1, -0.05) is 42.5 Å². The first kappa shape index (κ1) is 21.8. The molecule has 3 heterocycles. The third-order valence-corrected chi connectivity index (χ3v) is 8.79. The summed E-state index contributed by atoms with van der Waals surface area (Å²) in [4.78, 5) is 31.3. The van der Waals surface area contributed by atoms with E-state index in [0.29, 0.717) is 31.6 Å². The maximum atomic E-state index is 13.5. The van der Waals surface area contributed by atoms with Crippen LogP contribution in [0.15, 0.2) is 82.6 Å². The first-order chi connectivity index (χ1) is 16.9. The normalized spacial score (nSPS) is 15.7. The Bertz CT molecular complexity index is 1660. The molecule has 176 valence electrons. The van der Waals surface area contributed by atoms with Crippen LogP contribution < -0.4 is 10.3 Å². The van der Waals surface area contributed by atoms with Gasteiger partial charge in [0, 0.05) is 42.4 Å². The van der Waals surface area contributed by atoms with Gasteiger partial charge in [0.15, 0.2) is 0 Å². The molecule has 0 atom stereocenters. The second kappa shape index (κ2) is 8.18. The number of pyridine rings is 1. The summed E-state index contributed by atoms with van der Waals surface area (Å²) in [6.45, 7) is 1.17. The molecule has 0 fully saturated rings. The van der Waals surface area contributed by atoms with E-state index in [-0.39, 0.29) is 21.8 Å². The van der Waals surface area contributed by atoms with Crippen LogP contribution in [-0.2, 0) is 29.4 Å². The number of para-hydroxylation sites is 1. The van der Waals surface area contributed by atoms with E-state index in [1.165, 1.54) is 22.6 Å². The van der Waals surface area contributed by atoms with E-state index >= 15 is 0 Å². The number of sulfonamides is 1. The van der Waals surface area contributed by atoms with Gasteiger partial charge in [0.1, 0.15) is 5.56 Å². The van der Waals surface area contributed by atoms with E-state index in [4.69, 9.17) is 0 Å². The van der Waals surface area contributed by atoms with Gasteiger partial charge in [-0.05, 0) is 53.8 Å². The van der Waals surface area contributed by atoms with Crippen LogP contribution in [0.25, 0.3) is 10.9 Å². The lowest BCUT2D eigenvalue weighted by Crippen LogP contribution is -2.36. The van der Waals surface area contributed by atoms with Gasteiger partial charge < -0.3 is 9.88 Å². The van der Waals surface area contributed by atoms with Crippen LogP contribution in [0.3, 0.4) is 0 Å². The van der Waals surface area contributed by atoms with Gasteiger partial charge in [-0.2, -0.15) is 4.31 Å². The van der Waals surface area contributed by atoms with Crippen molar-refractivity contribution >= 4 is 32.5 Å². The number of hydrogen-bond acceptors (Lipinski definition) is 4. The number of carbonyl (C=O) groups is 1. The zero-order chi connectivity index (χ0) is 24.2. The van der Waals surface area contributed by atoms with Crippen molar-refractivity contribution in [2.24, 2.45) is 0 Å². The summed E-state index contributed by atoms with van der Waals surface area (Å²) in [6.07, 6.45) is 2.79. The molecule has 6 rings (SSSR count). The molecule has 0 aliphatic carbocycles. The van der Waals surface area contributed by atoms with Crippen LogP contribution in [-0.4, -0.2) is 36.7 Å². The molecule has 1 N–H and O–H groups in total. The molecule has 2 aliphatic heterocycles. The first-order valence-electron chi connectivity index (χ1n) is 11.6. The Hall–Kier alpha value is -3.75. The summed E-state index contributed by atoms with van der Waals surface area (Å²) in [5.41, 5.74) is 4.01. The third-order valence-electron chi connectivity index (χ3n) is 6.95. The van der Waals surface area contributed by atoms with Crippen LogP contribution in [0.5, 0.6) is 0 Å². The zero-order valence-corrected chi connectivity index (χ0v) is 19.7. The Morgan fingerprint density at radius 2 is 1.57 bits per heavy atom. The number of aromatic amines is 1. The average molecular weight is 486 g/mol. The minimum Gasteiger partial charge on any atom is -0.360 e. The van der Waals surface area contributed by atoms with Crippen LogP contribution in [0.2, 0.25) is 0 Å². The van der Waals surface area contributed by atoms with E-state index < -0.39 is 15.5 Å². The maximum Gasteiger partial charge on any atom is 0.263 e. The average Bonchev–Trinajstić information content (AvgIpc) is 3.32. The summed E-state index contributed by atoms with van der Waals surface area (Å²) >= 11 is 0. The number of nitrogens with one attached hydrogen (secondary N) is 1. The molecule has 3 aromatic carbocycles. The Kier molecular flexibility index (Phi) is 5.09. The summed E-state index contributed by atoms with van der Waals surface area (Å²) in [5, 5.41) is 0.182. The number of anilines is 1. The molecule has 2 aliphatic rings. The van der Waals surface area contributed by atoms with E-state index in [1.807, 2.05) is 48.5 Å². The van der Waals surface area contributed by atoms with Gasteiger partial charge in [0.05, 0.1) is 4.90 Å². The minimum absolute atomic E-state index is 0.00403. The number of H-pyrrole nitrogens is 1. The number of nitrogens with zero attached hydrogens (tertiary/aromatic N) is 2. The Balaban J connectivity index is 1.37. The lowest BCUT2D eigenvalue weighted by molar-refractivity contribution is 0.0988. The fourth-order valence-electron chi connectivity index (χ4n) is 5.04. The highest BCUT2D eigenvalue weighted by Crippen LogP contribution is 2.29. The van der Waals surface area contributed by atoms with Crippen LogP contribution in [0, 0.1) is 0 Å². The predicted octanol–water partition coefficient (Wildman–Crippen LogP) is 3.48. The topological polar surface area (TPSA) is 90.5 Å². The Morgan fingerprint density at radius 3 is 2.40 bits per heavy atom. The van der Waals surface area contributed by atoms with E-state index in [9.17, 15) is 18.0 Å². The largest absolute Gasteiger partial charge is 0.360 e. The summed E-state index contributed by atoms with van der Waals surface area (Å²) in [6, 6.07) is 19.9. The van der Waals surface area contributed by atoms with Crippen LogP contribution in [0.1, 0.15) is 27.0 Å². The minimum atomic E-state index is -3.82. The van der Waals surface area contributed by atoms with Gasteiger partial charge >= 0.3 is 0 Å². The maximum absolute atomic E-state index is 13.5. The van der Waals surface area contributed by atoms with E-state index in [2.05, 4.69) is 4.98 Å². The quantitative estimate of drug-likeness (QED) is 0.481. The second-order valence-electron chi connectivity index (χ2n) is 8.93. The number of benzene rings is 3. The summed E-state index contributed by atoms with van der Waals surface area (Å²) < 4.78 is 28.4. The number of amides is 1. The van der Waals surface area contributed by atoms with Crippen molar-refractivity contribution in [3.05, 3.63) is 105 Å². The van der Waals surface area contributed by atoms with E-state index in [0.717, 1.165) is 28.8 Å². The smallest absolute Gasteiger partial charge is 0.263 e. The summed E-state index contributed by atoms with van der Waals surface area (Å²) in [5.74, 6) is -0.390. The molecule has 4 aromatic rings. The Morgan fingerprint density at radius 1 is 0.857 bits per heavy atom. The van der Waals surface area contributed by atoms with Gasteiger partial charge in [-0.15, -0.1) is 0 Å². The molecular weight excluding hydrogens is 462 g/mol. The van der Waals surface area contributed by atoms with Gasteiger partial charge in [0.2, 0.25) is 15.5 Å². The molecule has 0 spiro atoms. The van der Waals surface area contributed by atoms with Crippen molar-refractivity contribution in [1.82, 2.24) is 9.29 Å². The first-order valence-corrected chi connectivity index (χ1v) is 13.0. The monoisotopic (exact) mass is 485 g/mol. The molecule has 8 heteroatoms. The van der Waals surface area contributed by atoms with Crippen molar-refractivity contribution in [3.8, 4) is 0 Å². The molecule has 0 unspecified atom stereocenters. The van der Waals surface area contributed by atoms with Crippen molar-refractivity contribution in [1.29, 1.82) is 0 Å². The van der Waals surface area contributed by atoms with Crippen molar-refractivity contribution in [3.63, 3.8) is 0 Å². The van der Waals surface area contributed by atoms with Crippen LogP contribution >= 0.6 is 0 Å². The van der Waals surface area contributed by atoms with Crippen molar-refractivity contribution < 1.29 is 13.2 Å². The SMILES string of the molecule is O=C(c1c[nH]c2ccc(S(=O)(=O)N3CCc4ccccc4C3)cc2c1=O)N1CCc2ccccc21. The standard InChI is InChI=1S/C27H23N3O4S/c31-26-22-15-21(35(33,34)29-13-11-18-5-1-2-7-20(18)17-29)9-10-24(22)28-16-23(26)27(32)30-14-12-19-6-3-4-8-25(19)30/h1-10,15-16H,11-14,17H2,(H,28,31). The second-order valence-corrected chi connectivity index (χ2v) is 10.9. The lowest BCUT2D eigenvalue weighted by Gasteiger charge is -2.28. The molecule has 35 heavy (non-hydrogen) atoms. The van der Waals surface area contributed by atoms with Crippen molar-refractivity contribution in [2.75, 3.05) is 18.0 Å². The highest BCUT2D eigenvalue weighted by Gasteiger charge is 2.30. The fourth-order valence-corrected chi connectivity index (χ4v) is 6.48. The number of aromatic nitrogens is 1. The Labute approximate surface area is 202 Å². The predicted molar refractivity (Wildman–Crippen MR) is 134 cm³/mol. The highest BCUT2D eigenvalue weighted by atomic mass is 32.2. The van der Waals surface area contributed by atoms with Crippen LogP contribution in [0.4, 0.5) is 5.69 Å². The molecule has 1 aromatic heterocycles. The molecule has 0 radical (unpaired) electrons. The molecule has 0 saturated carbocycles. The van der Waals surface area contributed by atoms with Crippen molar-refractivity contribution in [2.45, 2.75) is 24.3 Å². The molecule has 7 nitrogen and oxygen atoms in total. The molecule has 0 saturated heterocycles. The number of hydrogen-bond donors (Lipinski definition) is 1. The van der Waals surface area contributed by atoms with Gasteiger partial charge in [-0.25, -0.2) is 8.42 Å². The lowest BCUT2D eigenvalue weighted by atomic mass is 10.0. The number of fused-ring (bicyclic) bond motifs is 3. The molecule has 0 bridgehead atoms. The number of rotatable bonds is 3.